The topological polar surface area (TPSA) is 9.23 Å². The monoisotopic (exact) mass is 161 g/mol. The summed E-state index contributed by atoms with van der Waals surface area (Å²) in [6, 6.07) is 0. The van der Waals surface area contributed by atoms with Gasteiger partial charge >= 0.3 is 64.5 Å². The molecule has 0 rings (SSSR count). The van der Waals surface area contributed by atoms with Crippen molar-refractivity contribution < 1.29 is 21.7 Å². The van der Waals surface area contributed by atoms with Crippen LogP contribution >= 0.6 is 0 Å². The molecule has 0 aromatic heterocycles. The zero-order valence-corrected chi connectivity index (χ0v) is 7.11. The summed E-state index contributed by atoms with van der Waals surface area (Å²) in [7, 11) is 1.64. The minimum absolute atomic E-state index is 0.838. The van der Waals surface area contributed by atoms with E-state index >= 15 is 0 Å². The molecule has 0 heterocycles. The van der Waals surface area contributed by atoms with Crippen LogP contribution in [0.5, 0.6) is 0 Å². The van der Waals surface area contributed by atoms with Crippen molar-refractivity contribution in [1.82, 2.24) is 0 Å². The van der Waals surface area contributed by atoms with Crippen molar-refractivity contribution in [1.29, 1.82) is 0 Å². The molecule has 0 aliphatic rings. The molecule has 0 amide bonds. The minimum atomic E-state index is 0.838. The molecule has 0 aliphatic heterocycles. The van der Waals surface area contributed by atoms with Crippen molar-refractivity contribution in [2.24, 2.45) is 0 Å². The predicted octanol–water partition coefficient (Wildman–Crippen LogP) is 1.44. The molecule has 0 fully saturated rings. The van der Waals surface area contributed by atoms with Crippen LogP contribution in [0.4, 0.5) is 0 Å². The van der Waals surface area contributed by atoms with Crippen LogP contribution < -0.4 is 0 Å². The fourth-order valence-corrected chi connectivity index (χ4v) is 0.398. The Bertz CT molecular complexity index is 147. The summed E-state index contributed by atoms with van der Waals surface area (Å²) in [5, 5.41) is 0. The number of allylic oxidation sites excluding steroid dienone is 2. The van der Waals surface area contributed by atoms with Crippen molar-refractivity contribution in [3.05, 3.63) is 24.3 Å². The molecule has 2 heteroatoms. The Labute approximate surface area is 64.9 Å². The Morgan fingerprint density at radius 3 is 2.44 bits per heavy atom. The Balaban J connectivity index is 3.71. The fourth-order valence-electron chi connectivity index (χ4n) is 0.282. The molecule has 0 N–H and O–H groups in total. The Morgan fingerprint density at radius 2 is 2.11 bits per heavy atom. The van der Waals surface area contributed by atoms with Gasteiger partial charge in [0.1, 0.15) is 0 Å². The van der Waals surface area contributed by atoms with Crippen molar-refractivity contribution >= 4 is 4.41 Å². The Hall–Kier alpha value is -0.106. The summed E-state index contributed by atoms with van der Waals surface area (Å²) in [6.45, 7) is 5.64. The SMILES string of the molecule is C=C(C)/C=C\[C](=[V])OC. The normalized spacial score (nSPS) is 9.89. The number of hydrogen-bond acceptors (Lipinski definition) is 1. The molecule has 0 saturated heterocycles. The molecular weight excluding hydrogens is 151 g/mol. The van der Waals surface area contributed by atoms with E-state index in [-0.39, 0.29) is 0 Å². The standard InChI is InChI=1S/C7H10O.V/c1-7(2)5-4-6-8-3;/h4-5H,1H2,2-3H3;/b5-4-;. The summed E-state index contributed by atoms with van der Waals surface area (Å²) in [5.74, 6) is 0. The van der Waals surface area contributed by atoms with Gasteiger partial charge in [0.2, 0.25) is 0 Å². The van der Waals surface area contributed by atoms with Crippen molar-refractivity contribution in [3.8, 4) is 0 Å². The molecular formula is C7H10OV. The van der Waals surface area contributed by atoms with Crippen molar-refractivity contribution in [3.63, 3.8) is 0 Å². The molecule has 0 unspecified atom stereocenters. The first-order valence-electron chi connectivity index (χ1n) is 2.60. The van der Waals surface area contributed by atoms with Crippen LogP contribution in [0.2, 0.25) is 0 Å². The van der Waals surface area contributed by atoms with E-state index in [1.807, 2.05) is 19.1 Å². The van der Waals surface area contributed by atoms with E-state index in [1.54, 1.807) is 7.11 Å². The third-order valence-corrected chi connectivity index (χ3v) is 1.24. The zero-order chi connectivity index (χ0) is 7.28. The summed E-state index contributed by atoms with van der Waals surface area (Å²) < 4.78 is 5.70. The van der Waals surface area contributed by atoms with Crippen LogP contribution in [0.25, 0.3) is 0 Å². The molecule has 0 bridgehead atoms. The third kappa shape index (κ3) is 5.77. The van der Waals surface area contributed by atoms with Gasteiger partial charge in [0.15, 0.2) is 0 Å². The van der Waals surface area contributed by atoms with Gasteiger partial charge in [-0.15, -0.1) is 0 Å². The summed E-state index contributed by atoms with van der Waals surface area (Å²) in [5.41, 5.74) is 1.02. The molecule has 0 radical (unpaired) electrons. The van der Waals surface area contributed by atoms with Gasteiger partial charge in [-0.25, -0.2) is 0 Å². The van der Waals surface area contributed by atoms with Crippen LogP contribution in [-0.4, -0.2) is 11.5 Å². The molecule has 0 atom stereocenters. The molecule has 0 aromatic rings. The van der Waals surface area contributed by atoms with Crippen LogP contribution in [0.15, 0.2) is 24.3 Å². The second-order valence-corrected chi connectivity index (χ2v) is 2.41. The maximum absolute atomic E-state index is 4.86. The zero-order valence-electron chi connectivity index (χ0n) is 5.72. The van der Waals surface area contributed by atoms with E-state index in [4.69, 9.17) is 4.74 Å². The summed E-state index contributed by atoms with van der Waals surface area (Å²) in [6.07, 6.45) is 3.76. The third-order valence-electron chi connectivity index (χ3n) is 0.720. The van der Waals surface area contributed by atoms with E-state index in [1.165, 1.54) is 0 Å². The van der Waals surface area contributed by atoms with Crippen LogP contribution in [0.3, 0.4) is 0 Å². The quantitative estimate of drug-likeness (QED) is 0.569. The average Bonchev–Trinajstić information content (AvgIpc) is 1.83. The number of rotatable bonds is 3. The first-order chi connectivity index (χ1) is 4.16. The van der Waals surface area contributed by atoms with E-state index in [2.05, 4.69) is 23.6 Å². The fraction of sp³-hybridized carbons (Fsp3) is 0.286. The van der Waals surface area contributed by atoms with Gasteiger partial charge in [0, 0.05) is 0 Å². The first-order valence-corrected chi connectivity index (χ1v) is 3.30. The van der Waals surface area contributed by atoms with Gasteiger partial charge in [-0.05, 0) is 0 Å². The molecule has 49 valence electrons. The molecule has 0 spiro atoms. The first kappa shape index (κ1) is 8.89. The Morgan fingerprint density at radius 1 is 1.56 bits per heavy atom. The van der Waals surface area contributed by atoms with E-state index in [0.717, 1.165) is 9.99 Å². The number of methoxy groups -OCH3 is 1. The van der Waals surface area contributed by atoms with Crippen molar-refractivity contribution in [2.45, 2.75) is 6.92 Å². The predicted molar refractivity (Wildman–Crippen MR) is 36.0 cm³/mol. The second kappa shape index (κ2) is 4.74. The van der Waals surface area contributed by atoms with E-state index in [0.29, 0.717) is 0 Å². The van der Waals surface area contributed by atoms with Gasteiger partial charge in [-0.1, -0.05) is 0 Å². The molecule has 9 heavy (non-hydrogen) atoms. The van der Waals surface area contributed by atoms with Gasteiger partial charge in [-0.3, -0.25) is 0 Å². The van der Waals surface area contributed by atoms with Crippen LogP contribution in [0.1, 0.15) is 6.92 Å². The van der Waals surface area contributed by atoms with Crippen molar-refractivity contribution in [2.75, 3.05) is 7.11 Å². The summed E-state index contributed by atoms with van der Waals surface area (Å²) >= 11 is 2.33. The number of ether oxygens (including phenoxy) is 1. The molecule has 0 aliphatic carbocycles. The summed E-state index contributed by atoms with van der Waals surface area (Å²) in [4.78, 5) is 0. The van der Waals surface area contributed by atoms with E-state index in [9.17, 15) is 0 Å². The van der Waals surface area contributed by atoms with Crippen LogP contribution in [0, 0.1) is 0 Å². The number of hydrogen-bond donors (Lipinski definition) is 0. The molecule has 0 aromatic carbocycles. The van der Waals surface area contributed by atoms with Gasteiger partial charge in [0.25, 0.3) is 0 Å². The second-order valence-electron chi connectivity index (χ2n) is 1.72. The Kier molecular flexibility index (Phi) is 4.69. The van der Waals surface area contributed by atoms with Crippen LogP contribution in [-0.2, 0) is 21.7 Å². The molecule has 0 saturated carbocycles. The van der Waals surface area contributed by atoms with Gasteiger partial charge in [-0.2, -0.15) is 0 Å². The average molecular weight is 161 g/mol. The maximum atomic E-state index is 4.86. The van der Waals surface area contributed by atoms with Gasteiger partial charge < -0.3 is 0 Å². The van der Waals surface area contributed by atoms with Gasteiger partial charge in [0.05, 0.1) is 0 Å². The van der Waals surface area contributed by atoms with E-state index < -0.39 is 0 Å². The molecule has 1 nitrogen and oxygen atoms in total.